The van der Waals surface area contributed by atoms with Gasteiger partial charge in [-0.15, -0.1) is 0 Å². The van der Waals surface area contributed by atoms with E-state index >= 15 is 0 Å². The van der Waals surface area contributed by atoms with Crippen LogP contribution in [0.1, 0.15) is 20.1 Å². The number of fused-ring (bicyclic) bond motifs is 1. The monoisotopic (exact) mass is 191 g/mol. The summed E-state index contributed by atoms with van der Waals surface area (Å²) in [5, 5.41) is 8.62. The lowest BCUT2D eigenvalue weighted by atomic mass is 10.3. The van der Waals surface area contributed by atoms with Gasteiger partial charge in [-0.3, -0.25) is 0 Å². The molecule has 1 aromatic heterocycles. The van der Waals surface area contributed by atoms with Crippen LogP contribution in [-0.2, 0) is 4.74 Å². The molecule has 0 amide bonds. The molecule has 2 aromatic rings. The van der Waals surface area contributed by atoms with E-state index in [1.165, 1.54) is 0 Å². The molecule has 4 heteroatoms. The van der Waals surface area contributed by atoms with Crippen LogP contribution in [0.4, 0.5) is 0 Å². The molecule has 2 rings (SSSR count). The van der Waals surface area contributed by atoms with E-state index in [2.05, 4.69) is 10.2 Å². The van der Waals surface area contributed by atoms with Crippen molar-refractivity contribution in [2.45, 2.75) is 20.1 Å². The van der Waals surface area contributed by atoms with Crippen LogP contribution >= 0.6 is 0 Å². The summed E-state index contributed by atoms with van der Waals surface area (Å²) in [5.41, 5.74) is 1.80. The third-order valence-electron chi connectivity index (χ3n) is 2.04. The lowest BCUT2D eigenvalue weighted by Crippen LogP contribution is -2.12. The van der Waals surface area contributed by atoms with Gasteiger partial charge >= 0.3 is 0 Å². The fourth-order valence-electron chi connectivity index (χ4n) is 1.35. The number of hydrogen-bond acceptors (Lipinski definition) is 3. The topological polar surface area (TPSA) is 39.9 Å². The first-order chi connectivity index (χ1) is 6.81. The Kier molecular flexibility index (Phi) is 2.45. The van der Waals surface area contributed by atoms with Crippen LogP contribution in [-0.4, -0.2) is 21.6 Å². The second-order valence-electron chi connectivity index (χ2n) is 3.06. The molecule has 0 N–H and O–H groups in total. The van der Waals surface area contributed by atoms with Gasteiger partial charge in [-0.2, -0.15) is 15.0 Å². The smallest absolute Gasteiger partial charge is 0.166 e. The zero-order chi connectivity index (χ0) is 9.97. The Morgan fingerprint density at radius 3 is 2.36 bits per heavy atom. The zero-order valence-corrected chi connectivity index (χ0v) is 8.34. The lowest BCUT2D eigenvalue weighted by molar-refractivity contribution is 0.00653. The highest BCUT2D eigenvalue weighted by Crippen LogP contribution is 2.11. The molecule has 1 aromatic carbocycles. The van der Waals surface area contributed by atoms with Gasteiger partial charge in [0.1, 0.15) is 11.0 Å². The molecule has 14 heavy (non-hydrogen) atoms. The highest BCUT2D eigenvalue weighted by atomic mass is 16.5. The van der Waals surface area contributed by atoms with E-state index in [-0.39, 0.29) is 6.23 Å². The van der Waals surface area contributed by atoms with Gasteiger partial charge in [0, 0.05) is 6.61 Å². The summed E-state index contributed by atoms with van der Waals surface area (Å²) in [6.07, 6.45) is -0.104. The number of benzene rings is 1. The first kappa shape index (κ1) is 9.15. The first-order valence-corrected chi connectivity index (χ1v) is 4.74. The van der Waals surface area contributed by atoms with Crippen molar-refractivity contribution in [3.8, 4) is 0 Å². The number of nitrogens with zero attached hydrogens (tertiary/aromatic N) is 3. The minimum Gasteiger partial charge on any atom is -0.355 e. The standard InChI is InChI=1S/C10H13N3O/c1-3-14-8(2)13-11-9-6-4-5-7-10(9)12-13/h4-8H,3H2,1-2H3. The van der Waals surface area contributed by atoms with Crippen LogP contribution in [0.15, 0.2) is 24.3 Å². The molecule has 0 radical (unpaired) electrons. The highest BCUT2D eigenvalue weighted by Gasteiger charge is 2.07. The average Bonchev–Trinajstić information content (AvgIpc) is 2.61. The zero-order valence-electron chi connectivity index (χ0n) is 8.34. The third kappa shape index (κ3) is 1.61. The largest absolute Gasteiger partial charge is 0.355 e. The number of ether oxygens (including phenoxy) is 1. The molecule has 0 saturated heterocycles. The Morgan fingerprint density at radius 1 is 1.29 bits per heavy atom. The Morgan fingerprint density at radius 2 is 1.86 bits per heavy atom. The van der Waals surface area contributed by atoms with Crippen LogP contribution < -0.4 is 0 Å². The van der Waals surface area contributed by atoms with Gasteiger partial charge in [-0.05, 0) is 26.0 Å². The van der Waals surface area contributed by atoms with Gasteiger partial charge in [0.25, 0.3) is 0 Å². The van der Waals surface area contributed by atoms with E-state index in [0.717, 1.165) is 11.0 Å². The van der Waals surface area contributed by atoms with Crippen molar-refractivity contribution in [2.24, 2.45) is 0 Å². The summed E-state index contributed by atoms with van der Waals surface area (Å²) in [6.45, 7) is 4.56. The Balaban J connectivity index is 2.35. The van der Waals surface area contributed by atoms with Crippen molar-refractivity contribution >= 4 is 11.0 Å². The maximum absolute atomic E-state index is 5.40. The van der Waals surface area contributed by atoms with Crippen molar-refractivity contribution in [1.82, 2.24) is 15.0 Å². The molecule has 0 aliphatic heterocycles. The quantitative estimate of drug-likeness (QED) is 0.744. The lowest BCUT2D eigenvalue weighted by Gasteiger charge is -2.08. The van der Waals surface area contributed by atoms with E-state index in [1.54, 1.807) is 4.80 Å². The maximum Gasteiger partial charge on any atom is 0.166 e. The molecule has 0 aliphatic rings. The number of rotatable bonds is 3. The van der Waals surface area contributed by atoms with E-state index in [1.807, 2.05) is 38.1 Å². The molecule has 74 valence electrons. The normalized spacial score (nSPS) is 13.3. The fourth-order valence-corrected chi connectivity index (χ4v) is 1.35. The van der Waals surface area contributed by atoms with Gasteiger partial charge in [0.05, 0.1) is 0 Å². The Labute approximate surface area is 82.5 Å². The molecule has 0 saturated carbocycles. The summed E-state index contributed by atoms with van der Waals surface area (Å²) in [4.78, 5) is 1.61. The second-order valence-corrected chi connectivity index (χ2v) is 3.06. The molecule has 1 atom stereocenters. The molecular weight excluding hydrogens is 178 g/mol. The van der Waals surface area contributed by atoms with Crippen molar-refractivity contribution in [3.05, 3.63) is 24.3 Å². The van der Waals surface area contributed by atoms with Gasteiger partial charge in [-0.1, -0.05) is 12.1 Å². The summed E-state index contributed by atoms with van der Waals surface area (Å²) in [6, 6.07) is 7.79. The minimum atomic E-state index is -0.104. The van der Waals surface area contributed by atoms with Crippen LogP contribution in [0, 0.1) is 0 Å². The van der Waals surface area contributed by atoms with Crippen LogP contribution in [0.3, 0.4) is 0 Å². The maximum atomic E-state index is 5.40. The molecule has 1 unspecified atom stereocenters. The van der Waals surface area contributed by atoms with Crippen LogP contribution in [0.2, 0.25) is 0 Å². The summed E-state index contributed by atoms with van der Waals surface area (Å²) in [7, 11) is 0. The van der Waals surface area contributed by atoms with Gasteiger partial charge in [-0.25, -0.2) is 0 Å². The molecular formula is C10H13N3O. The van der Waals surface area contributed by atoms with Gasteiger partial charge in [0.2, 0.25) is 0 Å². The first-order valence-electron chi connectivity index (χ1n) is 4.74. The van der Waals surface area contributed by atoms with Crippen LogP contribution in [0.25, 0.3) is 11.0 Å². The minimum absolute atomic E-state index is 0.104. The fraction of sp³-hybridized carbons (Fsp3) is 0.400. The van der Waals surface area contributed by atoms with Gasteiger partial charge < -0.3 is 4.74 Å². The summed E-state index contributed by atoms with van der Waals surface area (Å²) >= 11 is 0. The molecule has 0 spiro atoms. The molecule has 0 bridgehead atoms. The molecule has 0 aliphatic carbocycles. The van der Waals surface area contributed by atoms with Crippen molar-refractivity contribution < 1.29 is 4.74 Å². The van der Waals surface area contributed by atoms with Crippen molar-refractivity contribution in [2.75, 3.05) is 6.61 Å². The highest BCUT2D eigenvalue weighted by molar-refractivity contribution is 5.72. The van der Waals surface area contributed by atoms with Crippen molar-refractivity contribution in [1.29, 1.82) is 0 Å². The summed E-state index contributed by atoms with van der Waals surface area (Å²) < 4.78 is 5.40. The number of aromatic nitrogens is 3. The molecule has 4 nitrogen and oxygen atoms in total. The molecule has 1 heterocycles. The molecule has 0 fully saturated rings. The van der Waals surface area contributed by atoms with E-state index in [0.29, 0.717) is 6.61 Å². The predicted octanol–water partition coefficient (Wildman–Crippen LogP) is 1.99. The van der Waals surface area contributed by atoms with Crippen molar-refractivity contribution in [3.63, 3.8) is 0 Å². The van der Waals surface area contributed by atoms with Crippen LogP contribution in [0.5, 0.6) is 0 Å². The second kappa shape index (κ2) is 3.75. The van der Waals surface area contributed by atoms with E-state index < -0.39 is 0 Å². The Hall–Kier alpha value is -1.42. The summed E-state index contributed by atoms with van der Waals surface area (Å²) in [5.74, 6) is 0. The predicted molar refractivity (Wildman–Crippen MR) is 53.9 cm³/mol. The third-order valence-corrected chi connectivity index (χ3v) is 2.04. The Bertz CT molecular complexity index is 391. The van der Waals surface area contributed by atoms with E-state index in [4.69, 9.17) is 4.74 Å². The average molecular weight is 191 g/mol. The number of hydrogen-bond donors (Lipinski definition) is 0. The van der Waals surface area contributed by atoms with E-state index in [9.17, 15) is 0 Å². The van der Waals surface area contributed by atoms with Gasteiger partial charge in [0.15, 0.2) is 6.23 Å². The SMILES string of the molecule is CCOC(C)n1nc2ccccc2n1.